The van der Waals surface area contributed by atoms with Crippen molar-refractivity contribution >= 4 is 5.97 Å². The Balaban J connectivity index is 1.67. The molecule has 0 N–H and O–H groups in total. The summed E-state index contributed by atoms with van der Waals surface area (Å²) in [5.74, 6) is -0.525. The van der Waals surface area contributed by atoms with E-state index >= 15 is 0 Å². The lowest BCUT2D eigenvalue weighted by Crippen LogP contribution is -2.08. The van der Waals surface area contributed by atoms with Crippen LogP contribution in [0, 0.1) is 0 Å². The van der Waals surface area contributed by atoms with E-state index in [4.69, 9.17) is 4.74 Å². The van der Waals surface area contributed by atoms with E-state index in [9.17, 15) is 4.79 Å². The third kappa shape index (κ3) is 3.11. The number of benzene rings is 1. The van der Waals surface area contributed by atoms with Gasteiger partial charge in [-0.2, -0.15) is 9.90 Å². The van der Waals surface area contributed by atoms with E-state index in [0.717, 1.165) is 5.69 Å². The molecule has 0 saturated carbocycles. The van der Waals surface area contributed by atoms with Gasteiger partial charge in [0.1, 0.15) is 6.61 Å². The molecule has 0 aliphatic rings. The van der Waals surface area contributed by atoms with Gasteiger partial charge in [-0.25, -0.2) is 4.79 Å². The number of ether oxygens (including phenoxy) is 1. The molecule has 0 bridgehead atoms. The molecule has 21 heavy (non-hydrogen) atoms. The Hall–Kier alpha value is -3.02. The minimum absolute atomic E-state index is 0.109. The first-order valence-electron chi connectivity index (χ1n) is 6.38. The smallest absolute Gasteiger partial charge is 0.360 e. The van der Waals surface area contributed by atoms with Crippen molar-refractivity contribution in [2.24, 2.45) is 0 Å². The van der Waals surface area contributed by atoms with Crippen LogP contribution in [0.2, 0.25) is 0 Å². The maximum Gasteiger partial charge on any atom is 0.360 e. The molecule has 3 rings (SSSR count). The van der Waals surface area contributed by atoms with Gasteiger partial charge in [-0.1, -0.05) is 24.3 Å². The van der Waals surface area contributed by atoms with Gasteiger partial charge in [0.25, 0.3) is 0 Å². The number of carbonyl (C=O) groups excluding carboxylic acids is 1. The number of aromatic nitrogens is 4. The van der Waals surface area contributed by atoms with Crippen molar-refractivity contribution in [1.82, 2.24) is 20.0 Å². The molecule has 0 aliphatic carbocycles. The van der Waals surface area contributed by atoms with Gasteiger partial charge in [-0.05, 0) is 24.3 Å². The molecule has 0 aliphatic heterocycles. The molecule has 0 spiro atoms. The third-order valence-corrected chi connectivity index (χ3v) is 2.77. The summed E-state index contributed by atoms with van der Waals surface area (Å²) in [4.78, 5) is 17.4. The van der Waals surface area contributed by atoms with E-state index in [0.29, 0.717) is 5.69 Å². The molecule has 0 amide bonds. The summed E-state index contributed by atoms with van der Waals surface area (Å²) < 4.78 is 5.15. The Labute approximate surface area is 121 Å². The third-order valence-electron chi connectivity index (χ3n) is 2.77. The van der Waals surface area contributed by atoms with Crippen LogP contribution in [0.5, 0.6) is 0 Å². The van der Waals surface area contributed by atoms with Crippen LogP contribution >= 0.6 is 0 Å². The van der Waals surface area contributed by atoms with Crippen molar-refractivity contribution in [1.29, 1.82) is 0 Å². The van der Waals surface area contributed by atoms with Gasteiger partial charge in [0.15, 0.2) is 5.69 Å². The van der Waals surface area contributed by atoms with E-state index in [2.05, 4.69) is 15.2 Å². The fraction of sp³-hybridized carbons (Fsp3) is 0.0667. The highest BCUT2D eigenvalue weighted by molar-refractivity contribution is 5.86. The molecule has 104 valence electrons. The SMILES string of the molecule is O=C(OCc1ccccn1)c1cnn(-c2ccccc2)n1. The number of hydrogen-bond donors (Lipinski definition) is 0. The zero-order chi connectivity index (χ0) is 14.5. The van der Waals surface area contributed by atoms with E-state index in [1.807, 2.05) is 36.4 Å². The van der Waals surface area contributed by atoms with Gasteiger partial charge < -0.3 is 4.74 Å². The van der Waals surface area contributed by atoms with Crippen LogP contribution in [0.25, 0.3) is 5.69 Å². The normalized spacial score (nSPS) is 10.3. The van der Waals surface area contributed by atoms with Crippen LogP contribution in [0.15, 0.2) is 60.9 Å². The molecule has 0 radical (unpaired) electrons. The van der Waals surface area contributed by atoms with Gasteiger partial charge in [0.2, 0.25) is 0 Å². The Morgan fingerprint density at radius 1 is 1.10 bits per heavy atom. The molecule has 0 atom stereocenters. The molecule has 1 aromatic carbocycles. The summed E-state index contributed by atoms with van der Waals surface area (Å²) in [6.07, 6.45) is 3.03. The predicted octanol–water partition coefficient (Wildman–Crippen LogP) is 2.02. The van der Waals surface area contributed by atoms with Crippen LogP contribution < -0.4 is 0 Å². The van der Waals surface area contributed by atoms with Crippen LogP contribution in [0.4, 0.5) is 0 Å². The second-order valence-electron chi connectivity index (χ2n) is 4.25. The number of para-hydroxylation sites is 1. The Kier molecular flexibility index (Phi) is 3.68. The quantitative estimate of drug-likeness (QED) is 0.684. The van der Waals surface area contributed by atoms with Gasteiger partial charge in [0, 0.05) is 6.20 Å². The average Bonchev–Trinajstić information content (AvgIpc) is 3.04. The lowest BCUT2D eigenvalue weighted by atomic mass is 10.3. The minimum atomic E-state index is -0.525. The molecule has 0 fully saturated rings. The van der Waals surface area contributed by atoms with Crippen molar-refractivity contribution in [2.45, 2.75) is 6.61 Å². The Morgan fingerprint density at radius 2 is 1.90 bits per heavy atom. The fourth-order valence-electron chi connectivity index (χ4n) is 1.74. The molecular weight excluding hydrogens is 268 g/mol. The van der Waals surface area contributed by atoms with Gasteiger partial charge in [0.05, 0.1) is 17.6 Å². The summed E-state index contributed by atoms with van der Waals surface area (Å²) in [7, 11) is 0. The second-order valence-corrected chi connectivity index (χ2v) is 4.25. The number of pyridine rings is 1. The maximum atomic E-state index is 11.9. The first-order valence-corrected chi connectivity index (χ1v) is 6.38. The molecule has 2 aromatic heterocycles. The molecular formula is C15H12N4O2. The largest absolute Gasteiger partial charge is 0.454 e. The predicted molar refractivity (Wildman–Crippen MR) is 74.7 cm³/mol. The van der Waals surface area contributed by atoms with Crippen molar-refractivity contribution in [2.75, 3.05) is 0 Å². The van der Waals surface area contributed by atoms with Crippen molar-refractivity contribution in [3.05, 3.63) is 72.3 Å². The Bertz CT molecular complexity index is 726. The zero-order valence-corrected chi connectivity index (χ0v) is 11.1. The van der Waals surface area contributed by atoms with Crippen LogP contribution in [0.1, 0.15) is 16.2 Å². The first kappa shape index (κ1) is 13.0. The van der Waals surface area contributed by atoms with Crippen molar-refractivity contribution in [3.8, 4) is 5.69 Å². The van der Waals surface area contributed by atoms with Crippen molar-refractivity contribution < 1.29 is 9.53 Å². The summed E-state index contributed by atoms with van der Waals surface area (Å²) in [5.41, 5.74) is 1.62. The molecule has 2 heterocycles. The van der Waals surface area contributed by atoms with Gasteiger partial charge in [-0.15, -0.1) is 5.10 Å². The zero-order valence-electron chi connectivity index (χ0n) is 11.1. The number of carbonyl (C=O) groups is 1. The monoisotopic (exact) mass is 280 g/mol. The van der Waals surface area contributed by atoms with E-state index < -0.39 is 5.97 Å². The van der Waals surface area contributed by atoms with Gasteiger partial charge in [-0.3, -0.25) is 4.98 Å². The minimum Gasteiger partial charge on any atom is -0.454 e. The highest BCUT2D eigenvalue weighted by atomic mass is 16.5. The van der Waals surface area contributed by atoms with Gasteiger partial charge >= 0.3 is 5.97 Å². The molecule has 0 saturated heterocycles. The second kappa shape index (κ2) is 5.96. The molecule has 6 heteroatoms. The highest BCUT2D eigenvalue weighted by Crippen LogP contribution is 2.06. The van der Waals surface area contributed by atoms with Crippen LogP contribution in [0.3, 0.4) is 0 Å². The lowest BCUT2D eigenvalue weighted by Gasteiger charge is -2.01. The van der Waals surface area contributed by atoms with E-state index in [1.165, 1.54) is 11.0 Å². The van der Waals surface area contributed by atoms with E-state index in [1.54, 1.807) is 18.3 Å². The summed E-state index contributed by atoms with van der Waals surface area (Å²) in [6.45, 7) is 0.109. The number of hydrogen-bond acceptors (Lipinski definition) is 5. The van der Waals surface area contributed by atoms with Crippen LogP contribution in [-0.4, -0.2) is 25.9 Å². The number of esters is 1. The standard InChI is InChI=1S/C15H12N4O2/c20-15(21-11-12-6-4-5-9-16-12)14-10-17-19(18-14)13-7-2-1-3-8-13/h1-10H,11H2. The van der Waals surface area contributed by atoms with Crippen LogP contribution in [-0.2, 0) is 11.3 Å². The molecule has 3 aromatic rings. The Morgan fingerprint density at radius 3 is 2.67 bits per heavy atom. The fourth-order valence-corrected chi connectivity index (χ4v) is 1.74. The van der Waals surface area contributed by atoms with Crippen molar-refractivity contribution in [3.63, 3.8) is 0 Å². The highest BCUT2D eigenvalue weighted by Gasteiger charge is 2.13. The topological polar surface area (TPSA) is 69.9 Å². The summed E-state index contributed by atoms with van der Waals surface area (Å²) in [6, 6.07) is 14.8. The first-order chi connectivity index (χ1) is 10.3. The molecule has 6 nitrogen and oxygen atoms in total. The number of rotatable bonds is 4. The van der Waals surface area contributed by atoms with E-state index in [-0.39, 0.29) is 12.3 Å². The summed E-state index contributed by atoms with van der Waals surface area (Å²) >= 11 is 0. The molecule has 0 unspecified atom stereocenters. The summed E-state index contributed by atoms with van der Waals surface area (Å²) in [5, 5.41) is 8.15. The average molecular weight is 280 g/mol. The maximum absolute atomic E-state index is 11.9. The lowest BCUT2D eigenvalue weighted by molar-refractivity contribution is 0.0460. The number of nitrogens with zero attached hydrogens (tertiary/aromatic N) is 4.